The third-order valence-corrected chi connectivity index (χ3v) is 6.25. The minimum Gasteiger partial charge on any atom is -0.357 e. The van der Waals surface area contributed by atoms with Gasteiger partial charge in [-0.05, 0) is 39.7 Å². The summed E-state index contributed by atoms with van der Waals surface area (Å²) in [6, 6.07) is 1.61. The lowest BCUT2D eigenvalue weighted by atomic mass is 10.0. The summed E-state index contributed by atoms with van der Waals surface area (Å²) in [4.78, 5) is 12.6. The molecular formula is C21H44N6. The van der Waals surface area contributed by atoms with Crippen LogP contribution < -0.4 is 10.6 Å². The number of likely N-dealkylation sites (tertiary alicyclic amines) is 1. The highest BCUT2D eigenvalue weighted by molar-refractivity contribution is 5.80. The molecule has 6 nitrogen and oxygen atoms in total. The predicted molar refractivity (Wildman–Crippen MR) is 116 cm³/mol. The van der Waals surface area contributed by atoms with Gasteiger partial charge in [0.1, 0.15) is 0 Å². The lowest BCUT2D eigenvalue weighted by Crippen LogP contribution is -2.52. The van der Waals surface area contributed by atoms with Crippen LogP contribution in [0.2, 0.25) is 0 Å². The van der Waals surface area contributed by atoms with E-state index in [1.54, 1.807) is 0 Å². The third kappa shape index (κ3) is 6.61. The largest absolute Gasteiger partial charge is 0.357 e. The van der Waals surface area contributed by atoms with Crippen molar-refractivity contribution in [3.8, 4) is 0 Å². The Hall–Kier alpha value is -0.850. The van der Waals surface area contributed by atoms with Gasteiger partial charge >= 0.3 is 0 Å². The number of rotatable bonds is 7. The van der Waals surface area contributed by atoms with E-state index < -0.39 is 0 Å². The maximum atomic E-state index is 5.02. The molecular weight excluding hydrogens is 336 g/mol. The highest BCUT2D eigenvalue weighted by Crippen LogP contribution is 2.19. The second-order valence-electron chi connectivity index (χ2n) is 9.15. The first-order chi connectivity index (χ1) is 12.8. The molecule has 2 saturated heterocycles. The zero-order valence-corrected chi connectivity index (χ0v) is 18.8. The number of aliphatic imine (C=N–C) groups is 1. The van der Waals surface area contributed by atoms with Crippen molar-refractivity contribution < 1.29 is 0 Å². The molecule has 3 unspecified atom stereocenters. The van der Waals surface area contributed by atoms with Crippen molar-refractivity contribution >= 4 is 5.96 Å². The minimum atomic E-state index is 0.478. The Morgan fingerprint density at radius 1 is 1.04 bits per heavy atom. The van der Waals surface area contributed by atoms with Crippen LogP contribution in [0.1, 0.15) is 41.5 Å². The van der Waals surface area contributed by atoms with Crippen molar-refractivity contribution in [2.75, 3.05) is 59.4 Å². The molecule has 2 aliphatic heterocycles. The van der Waals surface area contributed by atoms with Crippen molar-refractivity contribution in [1.29, 1.82) is 0 Å². The van der Waals surface area contributed by atoms with Crippen LogP contribution in [-0.2, 0) is 0 Å². The lowest BCUT2D eigenvalue weighted by Gasteiger charge is -2.39. The number of hydrogen-bond acceptors (Lipinski definition) is 4. The average Bonchev–Trinajstić information content (AvgIpc) is 2.97. The molecule has 3 atom stereocenters. The molecule has 2 heterocycles. The SMILES string of the molecule is CCNC(=NCC(C(C)C)N1CCN(C)CC1)NC1CN(C(C)C)CC1C. The molecule has 0 aliphatic carbocycles. The van der Waals surface area contributed by atoms with Gasteiger partial charge in [-0.3, -0.25) is 14.8 Å². The molecule has 2 fully saturated rings. The number of likely N-dealkylation sites (N-methyl/N-ethyl adjacent to an activating group) is 1. The molecule has 27 heavy (non-hydrogen) atoms. The number of piperazine rings is 1. The molecule has 6 heteroatoms. The molecule has 158 valence electrons. The van der Waals surface area contributed by atoms with Crippen molar-refractivity contribution in [2.45, 2.75) is 59.7 Å². The molecule has 2 N–H and O–H groups in total. The van der Waals surface area contributed by atoms with E-state index in [-0.39, 0.29) is 0 Å². The van der Waals surface area contributed by atoms with Crippen LogP contribution in [-0.4, -0.2) is 98.2 Å². The zero-order chi connectivity index (χ0) is 20.0. The highest BCUT2D eigenvalue weighted by atomic mass is 15.3. The van der Waals surface area contributed by atoms with E-state index in [2.05, 4.69) is 73.9 Å². The normalized spacial score (nSPS) is 27.5. The second-order valence-corrected chi connectivity index (χ2v) is 9.15. The third-order valence-electron chi connectivity index (χ3n) is 6.25. The van der Waals surface area contributed by atoms with Crippen molar-refractivity contribution in [2.24, 2.45) is 16.8 Å². The van der Waals surface area contributed by atoms with Crippen LogP contribution in [0.15, 0.2) is 4.99 Å². The monoisotopic (exact) mass is 380 g/mol. The number of nitrogens with zero attached hydrogens (tertiary/aromatic N) is 4. The Kier molecular flexibility index (Phi) is 8.83. The minimum absolute atomic E-state index is 0.478. The van der Waals surface area contributed by atoms with Crippen LogP contribution in [0.3, 0.4) is 0 Å². The molecule has 0 aromatic carbocycles. The molecule has 0 radical (unpaired) electrons. The van der Waals surface area contributed by atoms with E-state index in [4.69, 9.17) is 4.99 Å². The number of guanidine groups is 1. The fourth-order valence-electron chi connectivity index (χ4n) is 4.20. The Balaban J connectivity index is 1.98. The van der Waals surface area contributed by atoms with E-state index in [0.717, 1.165) is 51.8 Å². The first kappa shape index (κ1) is 22.4. The van der Waals surface area contributed by atoms with Crippen molar-refractivity contribution in [3.05, 3.63) is 0 Å². The van der Waals surface area contributed by atoms with Crippen LogP contribution in [0.4, 0.5) is 0 Å². The molecule has 0 aromatic heterocycles. The standard InChI is InChI=1S/C21H44N6/c1-8-22-21(24-19-15-27(17(4)5)14-18(19)6)23-13-20(16(2)3)26-11-9-25(7)10-12-26/h16-20H,8-15H2,1-7H3,(H2,22,23,24). The van der Waals surface area contributed by atoms with Crippen molar-refractivity contribution in [3.63, 3.8) is 0 Å². The maximum absolute atomic E-state index is 5.02. The summed E-state index contributed by atoms with van der Waals surface area (Å²) in [6.07, 6.45) is 0. The van der Waals surface area contributed by atoms with Gasteiger partial charge in [0.2, 0.25) is 0 Å². The van der Waals surface area contributed by atoms with Gasteiger partial charge in [-0.25, -0.2) is 0 Å². The highest BCUT2D eigenvalue weighted by Gasteiger charge is 2.31. The number of hydrogen-bond donors (Lipinski definition) is 2. The van der Waals surface area contributed by atoms with E-state index in [9.17, 15) is 0 Å². The molecule has 0 aromatic rings. The molecule has 2 rings (SSSR count). The smallest absolute Gasteiger partial charge is 0.191 e. The van der Waals surface area contributed by atoms with Crippen molar-refractivity contribution in [1.82, 2.24) is 25.3 Å². The van der Waals surface area contributed by atoms with Crippen LogP contribution in [0.5, 0.6) is 0 Å². The van der Waals surface area contributed by atoms with Crippen LogP contribution >= 0.6 is 0 Å². The van der Waals surface area contributed by atoms with Gasteiger partial charge in [-0.15, -0.1) is 0 Å². The summed E-state index contributed by atoms with van der Waals surface area (Å²) in [7, 11) is 2.22. The quantitative estimate of drug-likeness (QED) is 0.518. The fraction of sp³-hybridized carbons (Fsp3) is 0.952. The first-order valence-corrected chi connectivity index (χ1v) is 11.0. The maximum Gasteiger partial charge on any atom is 0.191 e. The van der Waals surface area contributed by atoms with Crippen LogP contribution in [0, 0.1) is 11.8 Å². The van der Waals surface area contributed by atoms with E-state index in [0.29, 0.717) is 30.0 Å². The van der Waals surface area contributed by atoms with Gasteiger partial charge in [0.05, 0.1) is 6.54 Å². The van der Waals surface area contributed by atoms with Crippen LogP contribution in [0.25, 0.3) is 0 Å². The average molecular weight is 381 g/mol. The van der Waals surface area contributed by atoms with Gasteiger partial charge in [0.25, 0.3) is 0 Å². The summed E-state index contributed by atoms with van der Waals surface area (Å²) in [5.74, 6) is 2.25. The van der Waals surface area contributed by atoms with Gasteiger partial charge in [0, 0.05) is 63.9 Å². The number of nitrogens with one attached hydrogen (secondary N) is 2. The molecule has 0 bridgehead atoms. The molecule has 0 saturated carbocycles. The second kappa shape index (κ2) is 10.6. The fourth-order valence-corrected chi connectivity index (χ4v) is 4.20. The van der Waals surface area contributed by atoms with E-state index >= 15 is 0 Å². The van der Waals surface area contributed by atoms with Gasteiger partial charge in [-0.2, -0.15) is 0 Å². The topological polar surface area (TPSA) is 46.1 Å². The lowest BCUT2D eigenvalue weighted by molar-refractivity contribution is 0.0925. The summed E-state index contributed by atoms with van der Waals surface area (Å²) in [5.41, 5.74) is 0. The summed E-state index contributed by atoms with van der Waals surface area (Å²) >= 11 is 0. The Bertz CT molecular complexity index is 456. The van der Waals surface area contributed by atoms with Gasteiger partial charge < -0.3 is 15.5 Å². The molecule has 2 aliphatic rings. The summed E-state index contributed by atoms with van der Waals surface area (Å²) < 4.78 is 0. The first-order valence-electron chi connectivity index (χ1n) is 11.0. The zero-order valence-electron chi connectivity index (χ0n) is 18.8. The van der Waals surface area contributed by atoms with E-state index in [1.807, 2.05) is 0 Å². The summed E-state index contributed by atoms with van der Waals surface area (Å²) in [5, 5.41) is 7.20. The van der Waals surface area contributed by atoms with E-state index in [1.165, 1.54) is 6.54 Å². The van der Waals surface area contributed by atoms with Gasteiger partial charge in [0.15, 0.2) is 5.96 Å². The summed E-state index contributed by atoms with van der Waals surface area (Å²) in [6.45, 7) is 22.4. The Morgan fingerprint density at radius 3 is 2.22 bits per heavy atom. The molecule has 0 amide bonds. The molecule has 0 spiro atoms. The Morgan fingerprint density at radius 2 is 1.70 bits per heavy atom. The Labute approximate surface area is 167 Å². The van der Waals surface area contributed by atoms with Gasteiger partial charge in [-0.1, -0.05) is 20.8 Å². The predicted octanol–water partition coefficient (Wildman–Crippen LogP) is 1.54.